The molecule has 0 bridgehead atoms. The maximum atomic E-state index is 14.5. The average Bonchev–Trinajstić information content (AvgIpc) is 3.63. The minimum absolute atomic E-state index is 0.0126. The lowest BCUT2D eigenvalue weighted by Crippen LogP contribution is -2.10. The molecule has 0 saturated carbocycles. The molecule has 18 heteroatoms. The van der Waals surface area contributed by atoms with Crippen LogP contribution in [0.3, 0.4) is 0 Å². The highest BCUT2D eigenvalue weighted by molar-refractivity contribution is 6.31. The molecular formula is C36H26Cl2F4N12. The molecule has 8 aromatic rings. The first-order valence-electron chi connectivity index (χ1n) is 15.8. The summed E-state index contributed by atoms with van der Waals surface area (Å²) in [6.45, 7) is 3.47. The summed E-state index contributed by atoms with van der Waals surface area (Å²) in [6.07, 6.45) is 0. The molecule has 0 aliphatic heterocycles. The Labute approximate surface area is 313 Å². The number of hydrogen-bond acceptors (Lipinski definition) is 10. The quantitative estimate of drug-likeness (QED) is 0.120. The summed E-state index contributed by atoms with van der Waals surface area (Å²) in [5, 5.41) is 6.37. The van der Waals surface area contributed by atoms with Gasteiger partial charge in [0.1, 0.15) is 40.7 Å². The van der Waals surface area contributed by atoms with Crippen molar-refractivity contribution < 1.29 is 17.6 Å². The Morgan fingerprint density at radius 1 is 0.593 bits per heavy atom. The number of fused-ring (bicyclic) bond motifs is 2. The van der Waals surface area contributed by atoms with Crippen molar-refractivity contribution in [2.75, 3.05) is 22.1 Å². The van der Waals surface area contributed by atoms with Gasteiger partial charge in [-0.25, -0.2) is 23.1 Å². The van der Waals surface area contributed by atoms with Gasteiger partial charge < -0.3 is 22.1 Å². The third-order valence-electron chi connectivity index (χ3n) is 7.87. The molecule has 0 radical (unpaired) electrons. The van der Waals surface area contributed by atoms with E-state index in [9.17, 15) is 17.6 Å². The Morgan fingerprint density at radius 3 is 1.76 bits per heavy atom. The molecule has 4 aromatic heterocycles. The fraction of sp³-hybridized carbons (Fsp3) is 0.0556. The molecular weight excluding hydrogens is 747 g/mol. The molecule has 4 heterocycles. The van der Waals surface area contributed by atoms with E-state index in [0.717, 1.165) is 11.8 Å². The van der Waals surface area contributed by atoms with Gasteiger partial charge in [0.25, 0.3) is 0 Å². The number of anilines is 6. The van der Waals surface area contributed by atoms with Crippen molar-refractivity contribution in [1.29, 1.82) is 0 Å². The van der Waals surface area contributed by atoms with Crippen LogP contribution in [-0.2, 0) is 0 Å². The second-order valence-electron chi connectivity index (χ2n) is 11.7. The number of aromatic nitrogens is 8. The van der Waals surface area contributed by atoms with Gasteiger partial charge in [-0.05, 0) is 80.6 Å². The Balaban J connectivity index is 0.000000167. The maximum Gasteiger partial charge on any atom is 0.239 e. The number of nitrogens with two attached hydrogens (primary N) is 2. The first-order valence-corrected chi connectivity index (χ1v) is 16.6. The van der Waals surface area contributed by atoms with E-state index >= 15 is 0 Å². The van der Waals surface area contributed by atoms with Crippen LogP contribution < -0.4 is 22.1 Å². The number of nitrogens with zero attached hydrogens (tertiary/aromatic N) is 8. The zero-order chi connectivity index (χ0) is 38.3. The minimum atomic E-state index is -0.910. The first-order chi connectivity index (χ1) is 25.8. The third-order valence-corrected chi connectivity index (χ3v) is 8.43. The van der Waals surface area contributed by atoms with Crippen molar-refractivity contribution in [3.05, 3.63) is 130 Å². The summed E-state index contributed by atoms with van der Waals surface area (Å²) in [4.78, 5) is 25.6. The molecule has 6 N–H and O–H groups in total. The zero-order valence-corrected chi connectivity index (χ0v) is 29.6. The van der Waals surface area contributed by atoms with Gasteiger partial charge in [0, 0.05) is 34.6 Å². The van der Waals surface area contributed by atoms with E-state index in [0.29, 0.717) is 50.5 Å². The second-order valence-corrected chi connectivity index (χ2v) is 12.5. The molecule has 0 atom stereocenters. The minimum Gasteiger partial charge on any atom is -0.383 e. The maximum absolute atomic E-state index is 14.5. The lowest BCUT2D eigenvalue weighted by molar-refractivity contribution is 0.621. The fourth-order valence-electron chi connectivity index (χ4n) is 5.49. The fourth-order valence-corrected chi connectivity index (χ4v) is 5.73. The summed E-state index contributed by atoms with van der Waals surface area (Å²) < 4.78 is 58.6. The largest absolute Gasteiger partial charge is 0.383 e. The number of nitrogen functional groups attached to an aromatic ring is 2. The van der Waals surface area contributed by atoms with E-state index < -0.39 is 23.3 Å². The predicted molar refractivity (Wildman–Crippen MR) is 201 cm³/mol. The first kappa shape index (κ1) is 35.9. The molecule has 0 amide bonds. The van der Waals surface area contributed by atoms with Gasteiger partial charge in [0.2, 0.25) is 17.7 Å². The summed E-state index contributed by atoms with van der Waals surface area (Å²) in [7, 11) is 0. The van der Waals surface area contributed by atoms with E-state index in [-0.39, 0.29) is 34.1 Å². The molecule has 0 fully saturated rings. The molecule has 0 spiro atoms. The van der Waals surface area contributed by atoms with Gasteiger partial charge in [0.05, 0.1) is 27.1 Å². The smallest absolute Gasteiger partial charge is 0.239 e. The van der Waals surface area contributed by atoms with Gasteiger partial charge in [-0.3, -0.25) is 9.13 Å². The van der Waals surface area contributed by atoms with E-state index in [4.69, 9.17) is 34.7 Å². The number of rotatable bonds is 6. The molecule has 4 aromatic carbocycles. The molecule has 272 valence electrons. The van der Waals surface area contributed by atoms with Crippen molar-refractivity contribution in [3.8, 4) is 11.9 Å². The van der Waals surface area contributed by atoms with Crippen LogP contribution in [0.4, 0.5) is 52.2 Å². The van der Waals surface area contributed by atoms with Gasteiger partial charge in [-0.2, -0.15) is 24.3 Å². The molecule has 0 aliphatic carbocycles. The number of aryl methyl sites for hydroxylation is 2. The highest BCUT2D eigenvalue weighted by Gasteiger charge is 2.19. The Morgan fingerprint density at radius 2 is 1.17 bits per heavy atom. The van der Waals surface area contributed by atoms with Crippen molar-refractivity contribution in [2.24, 2.45) is 0 Å². The highest BCUT2D eigenvalue weighted by atomic mass is 35.5. The van der Waals surface area contributed by atoms with Crippen LogP contribution >= 0.6 is 23.2 Å². The molecule has 8 rings (SSSR count). The third kappa shape index (κ3) is 7.37. The highest BCUT2D eigenvalue weighted by Crippen LogP contribution is 2.28. The SMILES string of the molecule is Cc1nc2ccc(F)cc2n1-c1nc(N)c(F)c(Nc2ccc(Cl)c(F)c2)n1.Cc1nc2ccc(F)cc2n1-c1nc(N)cc(Nc2ccc(Cl)cc2)n1. The van der Waals surface area contributed by atoms with Gasteiger partial charge in [0.15, 0.2) is 11.6 Å². The lowest BCUT2D eigenvalue weighted by atomic mass is 10.3. The van der Waals surface area contributed by atoms with Crippen LogP contribution in [0.1, 0.15) is 11.6 Å². The van der Waals surface area contributed by atoms with E-state index in [1.54, 1.807) is 42.7 Å². The van der Waals surface area contributed by atoms with Gasteiger partial charge in [-0.15, -0.1) is 0 Å². The van der Waals surface area contributed by atoms with Gasteiger partial charge >= 0.3 is 0 Å². The molecule has 12 nitrogen and oxygen atoms in total. The molecule has 54 heavy (non-hydrogen) atoms. The molecule has 0 unspecified atom stereocenters. The zero-order valence-electron chi connectivity index (χ0n) is 28.1. The monoisotopic (exact) mass is 772 g/mol. The Bertz CT molecular complexity index is 2700. The van der Waals surface area contributed by atoms with Crippen molar-refractivity contribution in [2.45, 2.75) is 13.8 Å². The Hall–Kier alpha value is -6.52. The van der Waals surface area contributed by atoms with Crippen LogP contribution in [0.25, 0.3) is 34.0 Å². The number of halogens is 6. The van der Waals surface area contributed by atoms with E-state index in [1.807, 2.05) is 12.1 Å². The van der Waals surface area contributed by atoms with Crippen molar-refractivity contribution in [3.63, 3.8) is 0 Å². The van der Waals surface area contributed by atoms with Crippen LogP contribution in [0.5, 0.6) is 0 Å². The van der Waals surface area contributed by atoms with E-state index in [2.05, 4.69) is 40.5 Å². The summed E-state index contributed by atoms with van der Waals surface area (Å²) >= 11 is 11.6. The predicted octanol–water partition coefficient (Wildman–Crippen LogP) is 8.76. The number of imidazole rings is 2. The average molecular weight is 774 g/mol. The normalized spacial score (nSPS) is 11.1. The van der Waals surface area contributed by atoms with E-state index in [1.165, 1.54) is 47.0 Å². The summed E-state index contributed by atoms with van der Waals surface area (Å²) in [5.74, 6) is -0.954. The second kappa shape index (κ2) is 14.5. The van der Waals surface area contributed by atoms with Crippen LogP contribution in [0.15, 0.2) is 84.9 Å². The van der Waals surface area contributed by atoms with Crippen LogP contribution in [0.2, 0.25) is 10.0 Å². The van der Waals surface area contributed by atoms with Crippen LogP contribution in [0, 0.1) is 37.1 Å². The summed E-state index contributed by atoms with van der Waals surface area (Å²) in [5.41, 5.74) is 14.8. The molecule has 0 aliphatic rings. The topological polar surface area (TPSA) is 163 Å². The van der Waals surface area contributed by atoms with Crippen molar-refractivity contribution in [1.82, 2.24) is 39.0 Å². The van der Waals surface area contributed by atoms with Gasteiger partial charge in [-0.1, -0.05) is 23.2 Å². The lowest BCUT2D eigenvalue weighted by Gasteiger charge is -2.12. The number of hydrogen-bond donors (Lipinski definition) is 4. The number of benzene rings is 4. The van der Waals surface area contributed by atoms with Crippen molar-refractivity contribution >= 4 is 79.9 Å². The number of nitrogens with one attached hydrogen (secondary N) is 2. The molecule has 0 saturated heterocycles. The summed E-state index contributed by atoms with van der Waals surface area (Å²) in [6, 6.07) is 21.1. The standard InChI is InChI=1S/C18H12ClF3N6.C18H14ClFN6/c1-8-24-13-5-2-9(20)6-14(13)28(8)18-26-16(23)15(22)17(27-18)25-10-3-4-11(19)12(21)7-10;1-10-22-14-7-4-12(20)8-15(14)26(10)18-24-16(21)9-17(25-18)23-13-5-2-11(19)3-6-13/h2-7H,1H3,(H3,23,25,26,27);2-9H,1H3,(H3,21,23,24,25). The van der Waals surface area contributed by atoms with Crippen LogP contribution in [-0.4, -0.2) is 39.0 Å². The Kier molecular flexibility index (Phi) is 9.62.